The largest absolute Gasteiger partial charge is 0.319 e. The van der Waals surface area contributed by atoms with E-state index in [9.17, 15) is 10.1 Å². The van der Waals surface area contributed by atoms with Crippen LogP contribution in [0.2, 0.25) is 0 Å². The van der Waals surface area contributed by atoms with Gasteiger partial charge in [0.05, 0.1) is 4.92 Å². The summed E-state index contributed by atoms with van der Waals surface area (Å²) in [4.78, 5) is 15.2. The number of nitrogen functional groups attached to an aromatic ring is 1. The number of hydrazine groups is 1. The number of nitrogens with zero attached hydrogens (tertiary/aromatic N) is 4. The first-order valence-corrected chi connectivity index (χ1v) is 6.31. The molecule has 106 valence electrons. The fourth-order valence-corrected chi connectivity index (χ4v) is 1.97. The zero-order valence-electron chi connectivity index (χ0n) is 11.3. The van der Waals surface area contributed by atoms with E-state index >= 15 is 0 Å². The molecule has 2 aromatic rings. The number of rotatable bonds is 5. The molecule has 1 aromatic carbocycles. The van der Waals surface area contributed by atoms with E-state index in [1.165, 1.54) is 4.68 Å². The number of nitrogens with one attached hydrogen (secondary N) is 1. The summed E-state index contributed by atoms with van der Waals surface area (Å²) >= 11 is 0. The maximum atomic E-state index is 11.3. The minimum Gasteiger partial charge on any atom is -0.318 e. The highest BCUT2D eigenvalue weighted by atomic mass is 16.6. The Morgan fingerprint density at radius 2 is 2.15 bits per heavy atom. The summed E-state index contributed by atoms with van der Waals surface area (Å²) in [5, 5.41) is 15.6. The van der Waals surface area contributed by atoms with Gasteiger partial charge in [-0.15, -0.1) is 0 Å². The maximum absolute atomic E-state index is 11.3. The molecular formula is C12H16N6O2. The Hall–Kier alpha value is -2.48. The van der Waals surface area contributed by atoms with Gasteiger partial charge in [-0.2, -0.15) is 5.10 Å². The Labute approximate surface area is 115 Å². The van der Waals surface area contributed by atoms with E-state index in [0.29, 0.717) is 30.2 Å². The van der Waals surface area contributed by atoms with Crippen LogP contribution in [0.3, 0.4) is 0 Å². The standard InChI is InChI=1S/C12H16N6O2/c1-3-10-14-11(4-2)17(16-10)9-7-5-6-8(15-13)12(9)18(19)20/h5-7,15H,3-4,13H2,1-2H3. The van der Waals surface area contributed by atoms with E-state index < -0.39 is 4.92 Å². The Morgan fingerprint density at radius 3 is 2.70 bits per heavy atom. The van der Waals surface area contributed by atoms with Crippen molar-refractivity contribution in [3.63, 3.8) is 0 Å². The third-order valence-corrected chi connectivity index (χ3v) is 2.93. The first-order valence-electron chi connectivity index (χ1n) is 6.31. The highest BCUT2D eigenvalue weighted by molar-refractivity contribution is 5.70. The zero-order chi connectivity index (χ0) is 14.7. The summed E-state index contributed by atoms with van der Waals surface area (Å²) in [6, 6.07) is 4.86. The third kappa shape index (κ3) is 2.32. The predicted molar refractivity (Wildman–Crippen MR) is 74.6 cm³/mol. The smallest absolute Gasteiger partial charge is 0.318 e. The summed E-state index contributed by atoms with van der Waals surface area (Å²) in [6.07, 6.45) is 1.30. The van der Waals surface area contributed by atoms with Gasteiger partial charge in [0.1, 0.15) is 17.2 Å². The summed E-state index contributed by atoms with van der Waals surface area (Å²) in [5.41, 5.74) is 2.82. The van der Waals surface area contributed by atoms with Crippen molar-refractivity contribution in [2.24, 2.45) is 5.84 Å². The molecule has 0 saturated carbocycles. The molecule has 8 heteroatoms. The Balaban J connectivity index is 2.69. The lowest BCUT2D eigenvalue weighted by Gasteiger charge is -2.08. The van der Waals surface area contributed by atoms with Crippen molar-refractivity contribution in [2.45, 2.75) is 26.7 Å². The van der Waals surface area contributed by atoms with Gasteiger partial charge < -0.3 is 5.43 Å². The quantitative estimate of drug-likeness (QED) is 0.487. The molecule has 0 spiro atoms. The van der Waals surface area contributed by atoms with E-state index in [2.05, 4.69) is 15.5 Å². The van der Waals surface area contributed by atoms with Gasteiger partial charge in [0.2, 0.25) is 0 Å². The van der Waals surface area contributed by atoms with Gasteiger partial charge in [-0.25, -0.2) is 9.67 Å². The molecule has 1 heterocycles. The van der Waals surface area contributed by atoms with E-state index in [0.717, 1.165) is 0 Å². The fraction of sp³-hybridized carbons (Fsp3) is 0.333. The SMILES string of the molecule is CCc1nc(CC)n(-c2cccc(NN)c2[N+](=O)[O-])n1. The first kappa shape index (κ1) is 13.9. The fourth-order valence-electron chi connectivity index (χ4n) is 1.97. The zero-order valence-corrected chi connectivity index (χ0v) is 11.3. The molecule has 0 saturated heterocycles. The van der Waals surface area contributed by atoms with E-state index in [-0.39, 0.29) is 11.4 Å². The number of hydrogen-bond acceptors (Lipinski definition) is 6. The van der Waals surface area contributed by atoms with Gasteiger partial charge in [-0.3, -0.25) is 16.0 Å². The van der Waals surface area contributed by atoms with Crippen LogP contribution in [0.15, 0.2) is 18.2 Å². The lowest BCUT2D eigenvalue weighted by molar-refractivity contribution is -0.383. The van der Waals surface area contributed by atoms with Crippen LogP contribution >= 0.6 is 0 Å². The molecule has 0 atom stereocenters. The second-order valence-electron chi connectivity index (χ2n) is 4.14. The molecule has 1 aromatic heterocycles. The summed E-state index contributed by atoms with van der Waals surface area (Å²) < 4.78 is 1.51. The van der Waals surface area contributed by atoms with Crippen LogP contribution in [0.5, 0.6) is 0 Å². The van der Waals surface area contributed by atoms with Crippen molar-refractivity contribution < 1.29 is 4.92 Å². The molecule has 3 N–H and O–H groups in total. The number of para-hydroxylation sites is 1. The van der Waals surface area contributed by atoms with Gasteiger partial charge >= 0.3 is 5.69 Å². The Kier molecular flexibility index (Phi) is 3.94. The molecule has 2 rings (SSSR count). The van der Waals surface area contributed by atoms with Crippen molar-refractivity contribution in [2.75, 3.05) is 5.43 Å². The van der Waals surface area contributed by atoms with Crippen molar-refractivity contribution in [3.8, 4) is 5.69 Å². The monoisotopic (exact) mass is 276 g/mol. The number of nitro benzene ring substituents is 1. The average molecular weight is 276 g/mol. The van der Waals surface area contributed by atoms with Gasteiger partial charge in [0, 0.05) is 12.8 Å². The molecule has 0 aliphatic heterocycles. The highest BCUT2D eigenvalue weighted by Crippen LogP contribution is 2.31. The highest BCUT2D eigenvalue weighted by Gasteiger charge is 2.23. The molecule has 8 nitrogen and oxygen atoms in total. The minimum atomic E-state index is -0.475. The number of hydrogen-bond donors (Lipinski definition) is 2. The number of aryl methyl sites for hydroxylation is 2. The molecule has 0 aliphatic carbocycles. The maximum Gasteiger partial charge on any atom is 0.319 e. The van der Waals surface area contributed by atoms with E-state index in [1.54, 1.807) is 18.2 Å². The molecule has 20 heavy (non-hydrogen) atoms. The van der Waals surface area contributed by atoms with Crippen molar-refractivity contribution in [3.05, 3.63) is 40.0 Å². The summed E-state index contributed by atoms with van der Waals surface area (Å²) in [5.74, 6) is 6.67. The normalized spacial score (nSPS) is 10.6. The topological polar surface area (TPSA) is 112 Å². The number of nitro groups is 1. The second-order valence-corrected chi connectivity index (χ2v) is 4.14. The summed E-state index contributed by atoms with van der Waals surface area (Å²) in [7, 11) is 0. The molecule has 0 unspecified atom stereocenters. The Morgan fingerprint density at radius 1 is 1.40 bits per heavy atom. The van der Waals surface area contributed by atoms with Crippen LogP contribution in [-0.4, -0.2) is 19.7 Å². The lowest BCUT2D eigenvalue weighted by Crippen LogP contribution is -2.12. The molecule has 0 aliphatic rings. The van der Waals surface area contributed by atoms with Gasteiger partial charge in [0.25, 0.3) is 0 Å². The predicted octanol–water partition coefficient (Wildman–Crippen LogP) is 1.59. The number of nitrogens with two attached hydrogens (primary N) is 1. The van der Waals surface area contributed by atoms with E-state index in [1.807, 2.05) is 13.8 Å². The van der Waals surface area contributed by atoms with Crippen molar-refractivity contribution in [1.82, 2.24) is 14.8 Å². The Bertz CT molecular complexity index is 637. The van der Waals surface area contributed by atoms with Gasteiger partial charge in [-0.05, 0) is 12.1 Å². The van der Waals surface area contributed by atoms with Crippen LogP contribution in [0.4, 0.5) is 11.4 Å². The number of anilines is 1. The van der Waals surface area contributed by atoms with Crippen LogP contribution in [0.25, 0.3) is 5.69 Å². The summed E-state index contributed by atoms with van der Waals surface area (Å²) in [6.45, 7) is 3.86. The molecular weight excluding hydrogens is 260 g/mol. The van der Waals surface area contributed by atoms with Gasteiger partial charge in [0.15, 0.2) is 5.82 Å². The van der Waals surface area contributed by atoms with Crippen LogP contribution in [0, 0.1) is 10.1 Å². The van der Waals surface area contributed by atoms with Crippen LogP contribution in [-0.2, 0) is 12.8 Å². The van der Waals surface area contributed by atoms with Gasteiger partial charge in [-0.1, -0.05) is 19.9 Å². The molecule has 0 amide bonds. The minimum absolute atomic E-state index is 0.114. The van der Waals surface area contributed by atoms with Crippen LogP contribution in [0.1, 0.15) is 25.5 Å². The lowest BCUT2D eigenvalue weighted by atomic mass is 10.2. The third-order valence-electron chi connectivity index (χ3n) is 2.93. The molecule has 0 bridgehead atoms. The van der Waals surface area contributed by atoms with Crippen molar-refractivity contribution in [1.29, 1.82) is 0 Å². The average Bonchev–Trinajstić information content (AvgIpc) is 2.89. The van der Waals surface area contributed by atoms with Crippen LogP contribution < -0.4 is 11.3 Å². The molecule has 0 fully saturated rings. The first-order chi connectivity index (χ1) is 9.62. The second kappa shape index (κ2) is 5.66. The number of benzene rings is 1. The van der Waals surface area contributed by atoms with Crippen molar-refractivity contribution >= 4 is 11.4 Å². The van der Waals surface area contributed by atoms with E-state index in [4.69, 9.17) is 5.84 Å². The molecule has 0 radical (unpaired) electrons. The number of aromatic nitrogens is 3.